The number of nitrogens with zero attached hydrogens (tertiary/aromatic N) is 2. The number of aromatic nitrogens is 3. The van der Waals surface area contributed by atoms with Gasteiger partial charge in [-0.25, -0.2) is 9.48 Å². The van der Waals surface area contributed by atoms with Gasteiger partial charge in [0.1, 0.15) is 0 Å². The highest BCUT2D eigenvalue weighted by Crippen LogP contribution is 2.26. The molecule has 1 aromatic carbocycles. The Bertz CT molecular complexity index is 827. The van der Waals surface area contributed by atoms with Crippen LogP contribution in [-0.2, 0) is 0 Å². The molecule has 0 aliphatic rings. The lowest BCUT2D eigenvalue weighted by Gasteiger charge is -2.04. The third-order valence-corrected chi connectivity index (χ3v) is 3.65. The van der Waals surface area contributed by atoms with Crippen molar-refractivity contribution >= 4 is 16.9 Å². The minimum absolute atomic E-state index is 0.185. The molecule has 0 aliphatic heterocycles. The van der Waals surface area contributed by atoms with Crippen molar-refractivity contribution in [1.82, 2.24) is 14.8 Å². The van der Waals surface area contributed by atoms with Crippen LogP contribution in [0.4, 0.5) is 0 Å². The van der Waals surface area contributed by atoms with E-state index >= 15 is 0 Å². The van der Waals surface area contributed by atoms with E-state index in [1.54, 1.807) is 4.68 Å². The van der Waals surface area contributed by atoms with Gasteiger partial charge in [0.2, 0.25) is 0 Å². The van der Waals surface area contributed by atoms with E-state index in [1.165, 1.54) is 18.1 Å². The van der Waals surface area contributed by atoms with E-state index < -0.39 is 5.97 Å². The summed E-state index contributed by atoms with van der Waals surface area (Å²) in [6, 6.07) is 6.16. The summed E-state index contributed by atoms with van der Waals surface area (Å²) in [4.78, 5) is 14.4. The molecular weight excluding hydrogens is 266 g/mol. The Labute approximate surface area is 122 Å². The number of nitrogens with one attached hydrogen (secondary N) is 1. The van der Waals surface area contributed by atoms with Crippen molar-refractivity contribution in [2.24, 2.45) is 0 Å². The lowest BCUT2D eigenvalue weighted by molar-refractivity contribution is 0.0697. The molecule has 0 saturated carbocycles. The summed E-state index contributed by atoms with van der Waals surface area (Å²) in [6.07, 6.45) is 2.89. The first-order valence-electron chi connectivity index (χ1n) is 6.87. The summed E-state index contributed by atoms with van der Waals surface area (Å²) in [5, 5.41) is 14.2. The molecule has 2 heterocycles. The Hall–Kier alpha value is -2.56. The van der Waals surface area contributed by atoms with Gasteiger partial charge in [-0.2, -0.15) is 5.10 Å². The van der Waals surface area contributed by atoms with Crippen molar-refractivity contribution in [1.29, 1.82) is 0 Å². The van der Waals surface area contributed by atoms with Gasteiger partial charge in [0, 0.05) is 22.8 Å². The molecule has 0 unspecified atom stereocenters. The molecule has 0 spiro atoms. The number of carboxylic acids is 1. The van der Waals surface area contributed by atoms with Crippen LogP contribution in [0.5, 0.6) is 0 Å². The molecule has 2 N–H and O–H groups in total. The first-order valence-corrected chi connectivity index (χ1v) is 6.87. The number of H-pyrrole nitrogens is 1. The number of hydrogen-bond acceptors (Lipinski definition) is 2. The fourth-order valence-corrected chi connectivity index (χ4v) is 2.45. The average Bonchev–Trinajstić information content (AvgIpc) is 3.05. The Morgan fingerprint density at radius 3 is 2.71 bits per heavy atom. The highest BCUT2D eigenvalue weighted by atomic mass is 16.4. The van der Waals surface area contributed by atoms with Gasteiger partial charge in [-0.3, -0.25) is 0 Å². The molecule has 0 amide bonds. The quantitative estimate of drug-likeness (QED) is 0.773. The van der Waals surface area contributed by atoms with Crippen molar-refractivity contribution in [3.63, 3.8) is 0 Å². The molecule has 0 atom stereocenters. The second kappa shape index (κ2) is 4.77. The maximum Gasteiger partial charge on any atom is 0.338 e. The Morgan fingerprint density at radius 1 is 1.33 bits per heavy atom. The number of rotatable bonds is 3. The number of fused-ring (bicyclic) bond motifs is 1. The summed E-state index contributed by atoms with van der Waals surface area (Å²) >= 11 is 0. The van der Waals surface area contributed by atoms with E-state index in [2.05, 4.69) is 30.0 Å². The molecule has 0 aliphatic carbocycles. The largest absolute Gasteiger partial charge is 0.478 e. The van der Waals surface area contributed by atoms with E-state index in [0.29, 0.717) is 5.92 Å². The fraction of sp³-hybridized carbons (Fsp3) is 0.250. The SMILES string of the molecule is Cc1cc(-n2cc(C(=O)O)cn2)cc2cc(C(C)C)[nH]c12. The Morgan fingerprint density at radius 2 is 2.10 bits per heavy atom. The van der Waals surface area contributed by atoms with Crippen LogP contribution in [0.3, 0.4) is 0 Å². The van der Waals surface area contributed by atoms with Gasteiger partial charge in [0.15, 0.2) is 0 Å². The van der Waals surface area contributed by atoms with Crippen molar-refractivity contribution < 1.29 is 9.90 Å². The summed E-state index contributed by atoms with van der Waals surface area (Å²) < 4.78 is 1.60. The zero-order valence-electron chi connectivity index (χ0n) is 12.2. The molecule has 3 rings (SSSR count). The van der Waals surface area contributed by atoms with Crippen LogP contribution < -0.4 is 0 Å². The van der Waals surface area contributed by atoms with Crippen molar-refractivity contribution in [3.8, 4) is 5.69 Å². The topological polar surface area (TPSA) is 70.9 Å². The molecule has 0 radical (unpaired) electrons. The molecule has 0 fully saturated rings. The predicted molar refractivity (Wildman–Crippen MR) is 81.2 cm³/mol. The predicted octanol–water partition coefficient (Wildman–Crippen LogP) is 3.48. The van der Waals surface area contributed by atoms with Crippen LogP contribution in [0, 0.1) is 6.92 Å². The molecule has 2 aromatic heterocycles. The van der Waals surface area contributed by atoms with Crippen LogP contribution in [0.1, 0.15) is 41.4 Å². The van der Waals surface area contributed by atoms with Gasteiger partial charge in [-0.05, 0) is 36.6 Å². The van der Waals surface area contributed by atoms with Gasteiger partial charge in [0.25, 0.3) is 0 Å². The number of carbonyl (C=O) groups is 1. The second-order valence-electron chi connectivity index (χ2n) is 5.59. The number of aryl methyl sites for hydroxylation is 1. The summed E-state index contributed by atoms with van der Waals surface area (Å²) in [6.45, 7) is 6.33. The minimum Gasteiger partial charge on any atom is -0.478 e. The van der Waals surface area contributed by atoms with E-state index in [-0.39, 0.29) is 5.56 Å². The van der Waals surface area contributed by atoms with Gasteiger partial charge in [-0.15, -0.1) is 0 Å². The number of aromatic amines is 1. The van der Waals surface area contributed by atoms with Crippen molar-refractivity contribution in [2.75, 3.05) is 0 Å². The highest BCUT2D eigenvalue weighted by molar-refractivity contribution is 5.88. The molecule has 21 heavy (non-hydrogen) atoms. The van der Waals surface area contributed by atoms with Gasteiger partial charge < -0.3 is 10.1 Å². The third-order valence-electron chi connectivity index (χ3n) is 3.65. The Kier molecular flexibility index (Phi) is 3.05. The van der Waals surface area contributed by atoms with Crippen LogP contribution in [0.2, 0.25) is 0 Å². The van der Waals surface area contributed by atoms with Gasteiger partial charge in [-0.1, -0.05) is 13.8 Å². The molecule has 0 saturated heterocycles. The van der Waals surface area contributed by atoms with E-state index in [1.807, 2.05) is 19.1 Å². The standard InChI is InChI=1S/C16H17N3O2/c1-9(2)14-6-11-5-13(4-10(3)15(11)18-14)19-8-12(7-17-19)16(20)21/h4-9,18H,1-3H3,(H,20,21). The first-order chi connectivity index (χ1) is 9.95. The van der Waals surface area contributed by atoms with E-state index in [0.717, 1.165) is 22.2 Å². The number of aromatic carboxylic acids is 1. The molecular formula is C16H17N3O2. The second-order valence-corrected chi connectivity index (χ2v) is 5.59. The monoisotopic (exact) mass is 283 g/mol. The maximum absolute atomic E-state index is 10.9. The minimum atomic E-state index is -0.970. The molecule has 3 aromatic rings. The number of hydrogen-bond donors (Lipinski definition) is 2. The summed E-state index contributed by atoms with van der Waals surface area (Å²) in [5.74, 6) is -0.536. The zero-order valence-corrected chi connectivity index (χ0v) is 12.2. The first kappa shape index (κ1) is 13.4. The third kappa shape index (κ3) is 2.31. The molecule has 5 heteroatoms. The van der Waals surface area contributed by atoms with Crippen LogP contribution in [0.15, 0.2) is 30.6 Å². The van der Waals surface area contributed by atoms with E-state index in [9.17, 15) is 4.79 Å². The molecule has 108 valence electrons. The van der Waals surface area contributed by atoms with Crippen molar-refractivity contribution in [3.05, 3.63) is 47.4 Å². The van der Waals surface area contributed by atoms with Gasteiger partial charge in [0.05, 0.1) is 17.4 Å². The van der Waals surface area contributed by atoms with Crippen LogP contribution in [0.25, 0.3) is 16.6 Å². The van der Waals surface area contributed by atoms with Crippen LogP contribution >= 0.6 is 0 Å². The van der Waals surface area contributed by atoms with Crippen molar-refractivity contribution in [2.45, 2.75) is 26.7 Å². The molecule has 5 nitrogen and oxygen atoms in total. The highest BCUT2D eigenvalue weighted by Gasteiger charge is 2.11. The lowest BCUT2D eigenvalue weighted by Crippen LogP contribution is -1.96. The number of benzene rings is 1. The van der Waals surface area contributed by atoms with Crippen LogP contribution in [-0.4, -0.2) is 25.8 Å². The summed E-state index contributed by atoms with van der Waals surface area (Å²) in [7, 11) is 0. The zero-order chi connectivity index (χ0) is 15.1. The normalized spacial score (nSPS) is 11.4. The smallest absolute Gasteiger partial charge is 0.338 e. The molecule has 0 bridgehead atoms. The van der Waals surface area contributed by atoms with Gasteiger partial charge >= 0.3 is 5.97 Å². The summed E-state index contributed by atoms with van der Waals surface area (Å²) in [5.41, 5.74) is 4.47. The maximum atomic E-state index is 10.9. The number of carboxylic acid groups (broad SMARTS) is 1. The Balaban J connectivity index is 2.12. The lowest BCUT2D eigenvalue weighted by atomic mass is 10.1. The van der Waals surface area contributed by atoms with E-state index in [4.69, 9.17) is 5.11 Å². The fourth-order valence-electron chi connectivity index (χ4n) is 2.45. The average molecular weight is 283 g/mol.